The van der Waals surface area contributed by atoms with Crippen molar-refractivity contribution in [2.24, 2.45) is 5.92 Å². The van der Waals surface area contributed by atoms with E-state index in [9.17, 15) is 14.0 Å². The molecule has 0 aromatic heterocycles. The molecule has 6 nitrogen and oxygen atoms in total. The predicted molar refractivity (Wildman–Crippen MR) is 108 cm³/mol. The molecule has 2 heterocycles. The number of hydrogen-bond donors (Lipinski definition) is 1. The molecule has 2 aliphatic heterocycles. The Balaban J connectivity index is 1.25. The Morgan fingerprint density at radius 2 is 1.86 bits per heavy atom. The zero-order valence-corrected chi connectivity index (χ0v) is 16.5. The van der Waals surface area contributed by atoms with E-state index in [1.807, 2.05) is 0 Å². The van der Waals surface area contributed by atoms with E-state index < -0.39 is 0 Å². The third-order valence-electron chi connectivity index (χ3n) is 5.05. The number of anilines is 1. The first kappa shape index (κ1) is 19.6. The summed E-state index contributed by atoms with van der Waals surface area (Å²) < 4.78 is 24.3. The van der Waals surface area contributed by atoms with Gasteiger partial charge in [0.15, 0.2) is 11.5 Å². The lowest BCUT2D eigenvalue weighted by atomic mass is 9.96. The zero-order chi connectivity index (χ0) is 20.2. The van der Waals surface area contributed by atoms with Crippen molar-refractivity contribution in [3.05, 3.63) is 48.3 Å². The fourth-order valence-corrected chi connectivity index (χ4v) is 4.24. The second-order valence-electron chi connectivity index (χ2n) is 6.93. The van der Waals surface area contributed by atoms with E-state index in [-0.39, 0.29) is 36.1 Å². The van der Waals surface area contributed by atoms with Crippen molar-refractivity contribution >= 4 is 29.3 Å². The number of rotatable bonds is 5. The molecular weight excluding hydrogens is 395 g/mol. The second kappa shape index (κ2) is 8.73. The number of ether oxygens (including phenoxy) is 2. The zero-order valence-electron chi connectivity index (χ0n) is 15.7. The van der Waals surface area contributed by atoms with Crippen LogP contribution in [0, 0.1) is 11.7 Å². The lowest BCUT2D eigenvalue weighted by molar-refractivity contribution is -0.132. The first-order valence-corrected chi connectivity index (χ1v) is 10.4. The number of carbonyl (C=O) groups excluding carboxylic acids is 2. The standard InChI is InChI=1S/C21H21FN2O4S/c22-16-3-1-2-4-19(16)29-12-20(25)24-9-7-14(8-10-24)21(26)23-15-5-6-17-18(11-15)28-13-27-17/h1-6,11,14H,7-10,12-13H2,(H,23,26). The van der Waals surface area contributed by atoms with Crippen molar-refractivity contribution in [3.8, 4) is 11.5 Å². The van der Waals surface area contributed by atoms with Crippen LogP contribution in [-0.2, 0) is 9.59 Å². The van der Waals surface area contributed by atoms with E-state index in [2.05, 4.69) is 5.32 Å². The number of likely N-dealkylation sites (tertiary alicyclic amines) is 1. The fraction of sp³-hybridized carbons (Fsp3) is 0.333. The van der Waals surface area contributed by atoms with Gasteiger partial charge in [0.1, 0.15) is 5.82 Å². The number of amides is 2. The number of nitrogens with one attached hydrogen (secondary N) is 1. The molecule has 1 fully saturated rings. The van der Waals surface area contributed by atoms with Gasteiger partial charge < -0.3 is 19.7 Å². The number of nitrogens with zero attached hydrogens (tertiary/aromatic N) is 1. The van der Waals surface area contributed by atoms with E-state index in [0.717, 1.165) is 0 Å². The molecule has 1 saturated heterocycles. The van der Waals surface area contributed by atoms with Crippen LogP contribution in [0.3, 0.4) is 0 Å². The minimum Gasteiger partial charge on any atom is -0.454 e. The van der Waals surface area contributed by atoms with Crippen LogP contribution in [0.2, 0.25) is 0 Å². The van der Waals surface area contributed by atoms with E-state index in [1.165, 1.54) is 17.8 Å². The highest BCUT2D eigenvalue weighted by atomic mass is 32.2. The molecule has 0 unspecified atom stereocenters. The molecule has 4 rings (SSSR count). The molecule has 0 aliphatic carbocycles. The van der Waals surface area contributed by atoms with E-state index >= 15 is 0 Å². The normalized spacial score (nSPS) is 16.0. The third-order valence-corrected chi connectivity index (χ3v) is 6.08. The molecule has 152 valence electrons. The first-order valence-electron chi connectivity index (χ1n) is 9.46. The van der Waals surface area contributed by atoms with Gasteiger partial charge in [-0.2, -0.15) is 0 Å². The number of carbonyl (C=O) groups is 2. The number of fused-ring (bicyclic) bond motifs is 1. The number of piperidine rings is 1. The largest absolute Gasteiger partial charge is 0.454 e. The third kappa shape index (κ3) is 4.64. The Morgan fingerprint density at radius 3 is 2.66 bits per heavy atom. The quantitative estimate of drug-likeness (QED) is 0.756. The van der Waals surface area contributed by atoms with Gasteiger partial charge >= 0.3 is 0 Å². The molecule has 2 aliphatic rings. The van der Waals surface area contributed by atoms with Gasteiger partial charge in [-0.25, -0.2) is 4.39 Å². The van der Waals surface area contributed by atoms with E-state index in [0.29, 0.717) is 48.0 Å². The van der Waals surface area contributed by atoms with Gasteiger partial charge in [0.25, 0.3) is 0 Å². The Kier molecular flexibility index (Phi) is 5.89. The Labute approximate surface area is 172 Å². The van der Waals surface area contributed by atoms with Crippen molar-refractivity contribution in [1.29, 1.82) is 0 Å². The lowest BCUT2D eigenvalue weighted by Gasteiger charge is -2.31. The molecule has 2 aromatic rings. The summed E-state index contributed by atoms with van der Waals surface area (Å²) in [6.45, 7) is 1.24. The van der Waals surface area contributed by atoms with Crippen molar-refractivity contribution in [2.45, 2.75) is 17.7 Å². The van der Waals surface area contributed by atoms with Crippen LogP contribution in [-0.4, -0.2) is 42.3 Å². The fourth-order valence-electron chi connectivity index (χ4n) is 3.40. The summed E-state index contributed by atoms with van der Waals surface area (Å²) in [4.78, 5) is 27.2. The second-order valence-corrected chi connectivity index (χ2v) is 7.95. The molecule has 0 saturated carbocycles. The van der Waals surface area contributed by atoms with E-state index in [1.54, 1.807) is 41.3 Å². The lowest BCUT2D eigenvalue weighted by Crippen LogP contribution is -2.42. The van der Waals surface area contributed by atoms with Gasteiger partial charge in [-0.1, -0.05) is 12.1 Å². The van der Waals surface area contributed by atoms with Crippen LogP contribution >= 0.6 is 11.8 Å². The van der Waals surface area contributed by atoms with Crippen LogP contribution in [0.1, 0.15) is 12.8 Å². The molecule has 29 heavy (non-hydrogen) atoms. The van der Waals surface area contributed by atoms with Crippen LogP contribution in [0.4, 0.5) is 10.1 Å². The summed E-state index contributed by atoms with van der Waals surface area (Å²) in [7, 11) is 0. The summed E-state index contributed by atoms with van der Waals surface area (Å²) in [5.41, 5.74) is 0.666. The summed E-state index contributed by atoms with van der Waals surface area (Å²) in [6, 6.07) is 11.7. The van der Waals surface area contributed by atoms with E-state index in [4.69, 9.17) is 9.47 Å². The number of hydrogen-bond acceptors (Lipinski definition) is 5. The smallest absolute Gasteiger partial charge is 0.232 e. The maximum absolute atomic E-state index is 13.7. The molecular formula is C21H21FN2O4S. The topological polar surface area (TPSA) is 67.9 Å². The summed E-state index contributed by atoms with van der Waals surface area (Å²) in [5, 5.41) is 2.91. The van der Waals surface area contributed by atoms with Crippen LogP contribution in [0.15, 0.2) is 47.4 Å². The first-order chi connectivity index (χ1) is 14.1. The molecule has 0 bridgehead atoms. The summed E-state index contributed by atoms with van der Waals surface area (Å²) in [6.07, 6.45) is 1.21. The van der Waals surface area contributed by atoms with Gasteiger partial charge in [-0.3, -0.25) is 9.59 Å². The summed E-state index contributed by atoms with van der Waals surface area (Å²) >= 11 is 1.20. The average molecular weight is 416 g/mol. The highest BCUT2D eigenvalue weighted by molar-refractivity contribution is 8.00. The number of halogens is 1. The van der Waals surface area contributed by atoms with Crippen LogP contribution in [0.25, 0.3) is 0 Å². The molecule has 2 amide bonds. The minimum absolute atomic E-state index is 0.0344. The highest BCUT2D eigenvalue weighted by Crippen LogP contribution is 2.34. The van der Waals surface area contributed by atoms with Crippen molar-refractivity contribution < 1.29 is 23.5 Å². The molecule has 0 spiro atoms. The maximum atomic E-state index is 13.7. The van der Waals surface area contributed by atoms with Gasteiger partial charge in [-0.05, 0) is 37.1 Å². The van der Waals surface area contributed by atoms with Gasteiger partial charge in [-0.15, -0.1) is 11.8 Å². The van der Waals surface area contributed by atoms with Crippen molar-refractivity contribution in [1.82, 2.24) is 4.90 Å². The SMILES string of the molecule is O=C(Nc1ccc2c(c1)OCO2)C1CCN(C(=O)CSc2ccccc2F)CC1. The Bertz CT molecular complexity index is 915. The van der Waals surface area contributed by atoms with Crippen LogP contribution in [0.5, 0.6) is 11.5 Å². The number of thioether (sulfide) groups is 1. The predicted octanol–water partition coefficient (Wildman–Crippen LogP) is 3.52. The maximum Gasteiger partial charge on any atom is 0.232 e. The van der Waals surface area contributed by atoms with Gasteiger partial charge in [0, 0.05) is 35.7 Å². The van der Waals surface area contributed by atoms with Crippen molar-refractivity contribution in [3.63, 3.8) is 0 Å². The Morgan fingerprint density at radius 1 is 1.10 bits per heavy atom. The van der Waals surface area contributed by atoms with Crippen molar-refractivity contribution in [2.75, 3.05) is 31.0 Å². The number of benzene rings is 2. The molecule has 2 aromatic carbocycles. The molecule has 0 radical (unpaired) electrons. The molecule has 0 atom stereocenters. The molecule has 8 heteroatoms. The van der Waals surface area contributed by atoms with Gasteiger partial charge in [0.2, 0.25) is 18.6 Å². The minimum atomic E-state index is -0.316. The molecule has 1 N–H and O–H groups in total. The Hall–Kier alpha value is -2.74. The van der Waals surface area contributed by atoms with Crippen LogP contribution < -0.4 is 14.8 Å². The van der Waals surface area contributed by atoms with Gasteiger partial charge in [0.05, 0.1) is 5.75 Å². The average Bonchev–Trinajstić information content (AvgIpc) is 3.21. The summed E-state index contributed by atoms with van der Waals surface area (Å²) in [5.74, 6) is 0.922. The highest BCUT2D eigenvalue weighted by Gasteiger charge is 2.27. The monoisotopic (exact) mass is 416 g/mol.